The molecule has 0 bridgehead atoms. The summed E-state index contributed by atoms with van der Waals surface area (Å²) in [6.07, 6.45) is 0.882. The third kappa shape index (κ3) is 4.00. The van der Waals surface area contributed by atoms with Gasteiger partial charge in [-0.25, -0.2) is 4.39 Å². The Balaban J connectivity index is 2.96. The molecule has 0 saturated heterocycles. The first-order valence-electron chi connectivity index (χ1n) is 5.88. The van der Waals surface area contributed by atoms with Gasteiger partial charge < -0.3 is 10.1 Å². The Morgan fingerprint density at radius 2 is 2.00 bits per heavy atom. The van der Waals surface area contributed by atoms with E-state index in [1.807, 2.05) is 7.05 Å². The van der Waals surface area contributed by atoms with Gasteiger partial charge in [0, 0.05) is 17.7 Å². The molecule has 0 amide bonds. The van der Waals surface area contributed by atoms with Crippen molar-refractivity contribution in [2.24, 2.45) is 5.41 Å². The highest BCUT2D eigenvalue weighted by molar-refractivity contribution is 5.31. The molecule has 0 aliphatic carbocycles. The first kappa shape index (κ1) is 14.0. The van der Waals surface area contributed by atoms with Crippen LogP contribution in [0.25, 0.3) is 0 Å². The maximum absolute atomic E-state index is 13.9. The molecular weight excluding hydrogens is 217 g/mol. The standard InChI is InChI=1S/C14H22FNO/c1-14(2,3)9-13(16-4)11-7-6-10(17-5)8-12(11)15/h6-8,13,16H,9H2,1-5H3. The van der Waals surface area contributed by atoms with Gasteiger partial charge in [-0.15, -0.1) is 0 Å². The lowest BCUT2D eigenvalue weighted by molar-refractivity contribution is 0.315. The van der Waals surface area contributed by atoms with Crippen molar-refractivity contribution in [1.29, 1.82) is 0 Å². The second-order valence-corrected chi connectivity index (χ2v) is 5.49. The van der Waals surface area contributed by atoms with E-state index in [1.165, 1.54) is 6.07 Å². The van der Waals surface area contributed by atoms with Gasteiger partial charge in [0.05, 0.1) is 7.11 Å². The molecule has 0 spiro atoms. The summed E-state index contributed by atoms with van der Waals surface area (Å²) in [5, 5.41) is 3.17. The fraction of sp³-hybridized carbons (Fsp3) is 0.571. The van der Waals surface area contributed by atoms with E-state index in [4.69, 9.17) is 4.74 Å². The summed E-state index contributed by atoms with van der Waals surface area (Å²) in [4.78, 5) is 0. The maximum atomic E-state index is 13.9. The predicted molar refractivity (Wildman–Crippen MR) is 68.8 cm³/mol. The highest BCUT2D eigenvalue weighted by Gasteiger charge is 2.21. The monoisotopic (exact) mass is 239 g/mol. The lowest BCUT2D eigenvalue weighted by Gasteiger charge is -2.26. The molecule has 0 heterocycles. The third-order valence-electron chi connectivity index (χ3n) is 2.75. The van der Waals surface area contributed by atoms with E-state index in [0.717, 1.165) is 6.42 Å². The summed E-state index contributed by atoms with van der Waals surface area (Å²) < 4.78 is 18.9. The van der Waals surface area contributed by atoms with Crippen LogP contribution in [0.2, 0.25) is 0 Å². The van der Waals surface area contributed by atoms with Crippen LogP contribution in [-0.2, 0) is 0 Å². The molecule has 0 aliphatic heterocycles. The van der Waals surface area contributed by atoms with Crippen LogP contribution in [0.3, 0.4) is 0 Å². The summed E-state index contributed by atoms with van der Waals surface area (Å²) in [6.45, 7) is 6.45. The minimum Gasteiger partial charge on any atom is -0.497 e. The normalized spacial score (nSPS) is 13.5. The fourth-order valence-corrected chi connectivity index (χ4v) is 1.90. The van der Waals surface area contributed by atoms with Crippen LogP contribution in [0.15, 0.2) is 18.2 Å². The van der Waals surface area contributed by atoms with Crippen LogP contribution in [-0.4, -0.2) is 14.2 Å². The zero-order valence-corrected chi connectivity index (χ0v) is 11.3. The van der Waals surface area contributed by atoms with Crippen LogP contribution in [0, 0.1) is 11.2 Å². The molecule has 1 rings (SSSR count). The Bertz CT molecular complexity index is 371. The van der Waals surface area contributed by atoms with Crippen molar-refractivity contribution in [3.63, 3.8) is 0 Å². The number of benzene rings is 1. The van der Waals surface area contributed by atoms with E-state index in [9.17, 15) is 4.39 Å². The Hall–Kier alpha value is -1.09. The number of ether oxygens (including phenoxy) is 1. The second kappa shape index (κ2) is 5.50. The molecule has 1 aromatic carbocycles. The van der Waals surface area contributed by atoms with E-state index in [-0.39, 0.29) is 17.3 Å². The molecule has 0 saturated carbocycles. The van der Waals surface area contributed by atoms with Crippen molar-refractivity contribution in [1.82, 2.24) is 5.32 Å². The molecule has 0 aliphatic rings. The molecule has 1 unspecified atom stereocenters. The zero-order chi connectivity index (χ0) is 13.1. The van der Waals surface area contributed by atoms with Gasteiger partial charge >= 0.3 is 0 Å². The molecule has 0 fully saturated rings. The van der Waals surface area contributed by atoms with Crippen molar-refractivity contribution in [3.05, 3.63) is 29.6 Å². The van der Waals surface area contributed by atoms with Gasteiger partial charge in [0.2, 0.25) is 0 Å². The quantitative estimate of drug-likeness (QED) is 0.868. The number of nitrogens with one attached hydrogen (secondary N) is 1. The molecule has 17 heavy (non-hydrogen) atoms. The highest BCUT2D eigenvalue weighted by atomic mass is 19.1. The van der Waals surface area contributed by atoms with Gasteiger partial charge in [-0.1, -0.05) is 26.8 Å². The van der Waals surface area contributed by atoms with E-state index >= 15 is 0 Å². The number of rotatable bonds is 4. The van der Waals surface area contributed by atoms with E-state index in [2.05, 4.69) is 26.1 Å². The second-order valence-electron chi connectivity index (χ2n) is 5.49. The summed E-state index contributed by atoms with van der Waals surface area (Å²) in [5.74, 6) is 0.338. The molecule has 96 valence electrons. The van der Waals surface area contributed by atoms with Crippen LogP contribution in [0.5, 0.6) is 5.75 Å². The summed E-state index contributed by atoms with van der Waals surface area (Å²) in [6, 6.07) is 5.05. The Labute approximate surface area is 103 Å². The lowest BCUT2D eigenvalue weighted by atomic mass is 9.85. The summed E-state index contributed by atoms with van der Waals surface area (Å²) >= 11 is 0. The average Bonchev–Trinajstić information content (AvgIpc) is 2.24. The smallest absolute Gasteiger partial charge is 0.131 e. The molecule has 0 radical (unpaired) electrons. The zero-order valence-electron chi connectivity index (χ0n) is 11.3. The lowest BCUT2D eigenvalue weighted by Crippen LogP contribution is -2.23. The fourth-order valence-electron chi connectivity index (χ4n) is 1.90. The number of methoxy groups -OCH3 is 1. The van der Waals surface area contributed by atoms with E-state index in [0.29, 0.717) is 11.3 Å². The Morgan fingerprint density at radius 1 is 1.35 bits per heavy atom. The van der Waals surface area contributed by atoms with Crippen molar-refractivity contribution >= 4 is 0 Å². The van der Waals surface area contributed by atoms with E-state index in [1.54, 1.807) is 19.2 Å². The van der Waals surface area contributed by atoms with Gasteiger partial charge in [0.1, 0.15) is 11.6 Å². The molecule has 1 aromatic rings. The minimum atomic E-state index is -0.215. The summed E-state index contributed by atoms with van der Waals surface area (Å²) in [7, 11) is 3.40. The van der Waals surface area contributed by atoms with Gasteiger partial charge in [-0.3, -0.25) is 0 Å². The Kier molecular flexibility index (Phi) is 4.52. The highest BCUT2D eigenvalue weighted by Crippen LogP contribution is 2.31. The van der Waals surface area contributed by atoms with Gasteiger partial charge in [-0.2, -0.15) is 0 Å². The van der Waals surface area contributed by atoms with Gasteiger partial charge in [-0.05, 0) is 24.9 Å². The topological polar surface area (TPSA) is 21.3 Å². The van der Waals surface area contributed by atoms with Crippen molar-refractivity contribution in [2.45, 2.75) is 33.2 Å². The van der Waals surface area contributed by atoms with Crippen molar-refractivity contribution in [2.75, 3.05) is 14.2 Å². The summed E-state index contributed by atoms with van der Waals surface area (Å²) in [5.41, 5.74) is 0.850. The van der Waals surface area contributed by atoms with Crippen molar-refractivity contribution in [3.8, 4) is 5.75 Å². The predicted octanol–water partition coefficient (Wildman–Crippen LogP) is 3.53. The average molecular weight is 239 g/mol. The van der Waals surface area contributed by atoms with Crippen LogP contribution in [0.1, 0.15) is 38.8 Å². The number of hydrogen-bond donors (Lipinski definition) is 1. The third-order valence-corrected chi connectivity index (χ3v) is 2.75. The molecule has 1 N–H and O–H groups in total. The van der Waals surface area contributed by atoms with Crippen LogP contribution < -0.4 is 10.1 Å². The largest absolute Gasteiger partial charge is 0.497 e. The minimum absolute atomic E-state index is 0.0286. The molecular formula is C14H22FNO. The molecule has 3 heteroatoms. The molecule has 2 nitrogen and oxygen atoms in total. The molecule has 0 aromatic heterocycles. The van der Waals surface area contributed by atoms with Crippen molar-refractivity contribution < 1.29 is 9.13 Å². The molecule has 1 atom stereocenters. The first-order chi connectivity index (χ1) is 7.87. The van der Waals surface area contributed by atoms with Gasteiger partial charge in [0.15, 0.2) is 0 Å². The maximum Gasteiger partial charge on any atom is 0.131 e. The number of hydrogen-bond acceptors (Lipinski definition) is 2. The van der Waals surface area contributed by atoms with Crippen LogP contribution in [0.4, 0.5) is 4.39 Å². The SMILES string of the molecule is CNC(CC(C)(C)C)c1ccc(OC)cc1F. The first-order valence-corrected chi connectivity index (χ1v) is 5.88. The van der Waals surface area contributed by atoms with Gasteiger partial charge in [0.25, 0.3) is 0 Å². The van der Waals surface area contributed by atoms with Crippen LogP contribution >= 0.6 is 0 Å². The number of halogens is 1. The Morgan fingerprint density at radius 3 is 2.41 bits per heavy atom. The van der Waals surface area contributed by atoms with E-state index < -0.39 is 0 Å².